The Bertz CT molecular complexity index is 305. The molecule has 1 saturated carbocycles. The fourth-order valence-corrected chi connectivity index (χ4v) is 2.36. The molecule has 1 aliphatic carbocycles. The molecule has 0 aliphatic heterocycles. The van der Waals surface area contributed by atoms with Gasteiger partial charge >= 0.3 is 0 Å². The van der Waals surface area contributed by atoms with E-state index in [1.165, 1.54) is 6.42 Å². The van der Waals surface area contributed by atoms with Crippen molar-refractivity contribution in [1.29, 1.82) is 0 Å². The van der Waals surface area contributed by atoms with Crippen LogP contribution in [0.1, 0.15) is 44.7 Å². The smallest absolute Gasteiger partial charge is 0.108 e. The minimum Gasteiger partial charge on any atom is -0.383 e. The van der Waals surface area contributed by atoms with E-state index in [2.05, 4.69) is 16.9 Å². The Morgan fingerprint density at radius 2 is 2.13 bits per heavy atom. The molecular formula is C12H18N2O. The Labute approximate surface area is 90.6 Å². The van der Waals surface area contributed by atoms with Gasteiger partial charge in [0.25, 0.3) is 0 Å². The van der Waals surface area contributed by atoms with Gasteiger partial charge in [0.2, 0.25) is 0 Å². The number of rotatable bonds is 2. The van der Waals surface area contributed by atoms with Crippen LogP contribution < -0.4 is 0 Å². The van der Waals surface area contributed by atoms with E-state index < -0.39 is 5.60 Å². The summed E-state index contributed by atoms with van der Waals surface area (Å²) in [7, 11) is 0. The fourth-order valence-electron chi connectivity index (χ4n) is 2.36. The molecule has 3 nitrogen and oxygen atoms in total. The molecule has 1 aliphatic rings. The molecule has 1 heterocycles. The zero-order valence-electron chi connectivity index (χ0n) is 9.19. The fraction of sp³-hybridized carbons (Fsp3) is 0.667. The van der Waals surface area contributed by atoms with E-state index in [0.29, 0.717) is 0 Å². The van der Waals surface area contributed by atoms with Crippen LogP contribution in [0.4, 0.5) is 0 Å². The van der Waals surface area contributed by atoms with Crippen LogP contribution in [0.15, 0.2) is 18.6 Å². The van der Waals surface area contributed by atoms with Crippen LogP contribution >= 0.6 is 0 Å². The molecule has 0 atom stereocenters. The first kappa shape index (κ1) is 10.6. The maximum absolute atomic E-state index is 10.5. The molecule has 15 heavy (non-hydrogen) atoms. The molecule has 3 heteroatoms. The third-order valence-corrected chi connectivity index (χ3v) is 3.55. The van der Waals surface area contributed by atoms with Crippen molar-refractivity contribution in [2.45, 2.75) is 44.6 Å². The Morgan fingerprint density at radius 3 is 2.67 bits per heavy atom. The zero-order valence-corrected chi connectivity index (χ0v) is 9.19. The van der Waals surface area contributed by atoms with Crippen molar-refractivity contribution in [2.75, 3.05) is 0 Å². The summed E-state index contributed by atoms with van der Waals surface area (Å²) in [6.07, 6.45) is 10.0. The number of aliphatic hydroxyl groups is 1. The highest BCUT2D eigenvalue weighted by Gasteiger charge is 2.35. The lowest BCUT2D eigenvalue weighted by molar-refractivity contribution is -0.0186. The highest BCUT2D eigenvalue weighted by atomic mass is 16.3. The Kier molecular flexibility index (Phi) is 3.00. The van der Waals surface area contributed by atoms with Gasteiger partial charge in [-0.25, -0.2) is 0 Å². The molecule has 0 saturated heterocycles. The largest absolute Gasteiger partial charge is 0.383 e. The van der Waals surface area contributed by atoms with Crippen molar-refractivity contribution in [3.8, 4) is 0 Å². The third kappa shape index (κ3) is 2.17. The van der Waals surface area contributed by atoms with E-state index in [1.807, 2.05) is 0 Å². The molecule has 0 unspecified atom stereocenters. The predicted octanol–water partition coefficient (Wildman–Crippen LogP) is 2.26. The minimum atomic E-state index is -0.722. The van der Waals surface area contributed by atoms with Gasteiger partial charge in [-0.2, -0.15) is 0 Å². The lowest BCUT2D eigenvalue weighted by Gasteiger charge is -2.34. The van der Waals surface area contributed by atoms with Crippen molar-refractivity contribution in [3.63, 3.8) is 0 Å². The molecule has 0 amide bonds. The van der Waals surface area contributed by atoms with Gasteiger partial charge in [0.05, 0.1) is 11.9 Å². The highest BCUT2D eigenvalue weighted by molar-refractivity contribution is 5.09. The van der Waals surface area contributed by atoms with E-state index in [0.717, 1.165) is 37.3 Å². The molecule has 82 valence electrons. The van der Waals surface area contributed by atoms with Crippen molar-refractivity contribution in [2.24, 2.45) is 5.92 Å². The van der Waals surface area contributed by atoms with Crippen LogP contribution in [-0.2, 0) is 5.60 Å². The average Bonchev–Trinajstić information content (AvgIpc) is 2.31. The highest BCUT2D eigenvalue weighted by Crippen LogP contribution is 2.39. The maximum atomic E-state index is 10.5. The van der Waals surface area contributed by atoms with Gasteiger partial charge < -0.3 is 5.11 Å². The Morgan fingerprint density at radius 1 is 1.40 bits per heavy atom. The average molecular weight is 206 g/mol. The molecule has 0 radical (unpaired) electrons. The second kappa shape index (κ2) is 4.27. The first-order valence-corrected chi connectivity index (χ1v) is 5.73. The predicted molar refractivity (Wildman–Crippen MR) is 58.2 cm³/mol. The molecule has 1 aromatic rings. The zero-order chi connectivity index (χ0) is 10.7. The standard InChI is InChI=1S/C12H18N2O/c1-2-10-3-5-12(15,6-4-10)11-9-13-7-8-14-11/h7-10,15H,2-6H2,1H3. The molecule has 1 fully saturated rings. The molecular weight excluding hydrogens is 188 g/mol. The topological polar surface area (TPSA) is 46.0 Å². The number of aromatic nitrogens is 2. The first-order valence-electron chi connectivity index (χ1n) is 5.73. The summed E-state index contributed by atoms with van der Waals surface area (Å²) in [4.78, 5) is 8.23. The summed E-state index contributed by atoms with van der Waals surface area (Å²) in [6.45, 7) is 2.22. The Balaban J connectivity index is 2.10. The van der Waals surface area contributed by atoms with E-state index >= 15 is 0 Å². The number of hydrogen-bond donors (Lipinski definition) is 1. The van der Waals surface area contributed by atoms with Crippen LogP contribution in [0.25, 0.3) is 0 Å². The van der Waals surface area contributed by atoms with Gasteiger partial charge in [-0.1, -0.05) is 13.3 Å². The number of nitrogens with zero attached hydrogens (tertiary/aromatic N) is 2. The van der Waals surface area contributed by atoms with Crippen LogP contribution in [-0.4, -0.2) is 15.1 Å². The van der Waals surface area contributed by atoms with Gasteiger partial charge in [-0.3, -0.25) is 9.97 Å². The summed E-state index contributed by atoms with van der Waals surface area (Å²) in [5, 5.41) is 10.5. The van der Waals surface area contributed by atoms with E-state index in [9.17, 15) is 5.11 Å². The second-order valence-electron chi connectivity index (χ2n) is 4.47. The summed E-state index contributed by atoms with van der Waals surface area (Å²) in [6, 6.07) is 0. The summed E-state index contributed by atoms with van der Waals surface area (Å²) < 4.78 is 0. The quantitative estimate of drug-likeness (QED) is 0.807. The SMILES string of the molecule is CCC1CCC(O)(c2cnccn2)CC1. The third-order valence-electron chi connectivity index (χ3n) is 3.55. The molecule has 0 aromatic carbocycles. The molecule has 0 spiro atoms. The van der Waals surface area contributed by atoms with E-state index in [1.54, 1.807) is 18.6 Å². The van der Waals surface area contributed by atoms with Gasteiger partial charge in [0.15, 0.2) is 0 Å². The van der Waals surface area contributed by atoms with Gasteiger partial charge in [-0.15, -0.1) is 0 Å². The maximum Gasteiger partial charge on any atom is 0.108 e. The van der Waals surface area contributed by atoms with E-state index in [-0.39, 0.29) is 0 Å². The lowest BCUT2D eigenvalue weighted by Crippen LogP contribution is -2.32. The van der Waals surface area contributed by atoms with Crippen molar-refractivity contribution in [1.82, 2.24) is 9.97 Å². The molecule has 2 rings (SSSR count). The summed E-state index contributed by atoms with van der Waals surface area (Å²) >= 11 is 0. The minimum absolute atomic E-state index is 0.722. The van der Waals surface area contributed by atoms with Crippen molar-refractivity contribution < 1.29 is 5.11 Å². The molecule has 1 N–H and O–H groups in total. The van der Waals surface area contributed by atoms with Crippen LogP contribution in [0.5, 0.6) is 0 Å². The summed E-state index contributed by atoms with van der Waals surface area (Å²) in [5.74, 6) is 0.780. The lowest BCUT2D eigenvalue weighted by atomic mass is 9.76. The second-order valence-corrected chi connectivity index (χ2v) is 4.47. The molecule has 0 bridgehead atoms. The van der Waals surface area contributed by atoms with E-state index in [4.69, 9.17) is 0 Å². The van der Waals surface area contributed by atoms with Crippen LogP contribution in [0.2, 0.25) is 0 Å². The summed E-state index contributed by atoms with van der Waals surface area (Å²) in [5.41, 5.74) is 0.0134. The normalized spacial score (nSPS) is 31.5. The van der Waals surface area contributed by atoms with Crippen LogP contribution in [0, 0.1) is 5.92 Å². The Hall–Kier alpha value is -0.960. The van der Waals surface area contributed by atoms with Crippen LogP contribution in [0.3, 0.4) is 0 Å². The monoisotopic (exact) mass is 206 g/mol. The van der Waals surface area contributed by atoms with Gasteiger partial charge in [-0.05, 0) is 31.6 Å². The van der Waals surface area contributed by atoms with Crippen molar-refractivity contribution >= 4 is 0 Å². The van der Waals surface area contributed by atoms with Gasteiger partial charge in [0, 0.05) is 12.4 Å². The molecule has 1 aromatic heterocycles. The van der Waals surface area contributed by atoms with Crippen molar-refractivity contribution in [3.05, 3.63) is 24.3 Å². The van der Waals surface area contributed by atoms with Gasteiger partial charge in [0.1, 0.15) is 5.60 Å². The number of hydrogen-bond acceptors (Lipinski definition) is 3. The first-order chi connectivity index (χ1) is 7.24.